The Morgan fingerprint density at radius 2 is 2.12 bits per heavy atom. The van der Waals surface area contributed by atoms with Crippen molar-refractivity contribution in [2.24, 2.45) is 0 Å². The SMILES string of the molecule is CCCC(CNCC)n1nnc2ccccc21. The molecule has 4 heteroatoms. The molecule has 0 aliphatic carbocycles. The highest BCUT2D eigenvalue weighted by molar-refractivity contribution is 5.73. The molecular weight excluding hydrogens is 212 g/mol. The maximum absolute atomic E-state index is 4.29. The van der Waals surface area contributed by atoms with Crippen LogP contribution in [0.15, 0.2) is 24.3 Å². The molecule has 0 bridgehead atoms. The Kier molecular flexibility index (Phi) is 4.09. The molecule has 0 aliphatic heterocycles. The van der Waals surface area contributed by atoms with Gasteiger partial charge >= 0.3 is 0 Å². The summed E-state index contributed by atoms with van der Waals surface area (Å²) in [6.45, 7) is 6.28. The first-order chi connectivity index (χ1) is 8.36. The highest BCUT2D eigenvalue weighted by atomic mass is 15.4. The molecule has 0 saturated carbocycles. The number of fused-ring (bicyclic) bond motifs is 1. The fraction of sp³-hybridized carbons (Fsp3) is 0.538. The Bertz CT molecular complexity index is 463. The minimum atomic E-state index is 0.396. The number of hydrogen-bond acceptors (Lipinski definition) is 3. The van der Waals surface area contributed by atoms with E-state index in [0.717, 1.165) is 37.0 Å². The van der Waals surface area contributed by atoms with Gasteiger partial charge in [-0.25, -0.2) is 4.68 Å². The Morgan fingerprint density at radius 1 is 1.29 bits per heavy atom. The average Bonchev–Trinajstić information content (AvgIpc) is 2.78. The maximum atomic E-state index is 4.29. The molecule has 0 fully saturated rings. The fourth-order valence-electron chi connectivity index (χ4n) is 2.11. The summed E-state index contributed by atoms with van der Waals surface area (Å²) in [6.07, 6.45) is 2.28. The van der Waals surface area contributed by atoms with Crippen LogP contribution in [0.3, 0.4) is 0 Å². The van der Waals surface area contributed by atoms with Crippen molar-refractivity contribution >= 4 is 11.0 Å². The maximum Gasteiger partial charge on any atom is 0.113 e. The normalized spacial score (nSPS) is 13.1. The second-order valence-electron chi connectivity index (χ2n) is 4.27. The molecule has 0 amide bonds. The van der Waals surface area contributed by atoms with Gasteiger partial charge in [0.25, 0.3) is 0 Å². The van der Waals surface area contributed by atoms with Crippen LogP contribution in [-0.4, -0.2) is 28.1 Å². The summed E-state index contributed by atoms with van der Waals surface area (Å²) >= 11 is 0. The predicted molar refractivity (Wildman–Crippen MR) is 70.0 cm³/mol. The minimum absolute atomic E-state index is 0.396. The van der Waals surface area contributed by atoms with Gasteiger partial charge in [0.15, 0.2) is 0 Å². The van der Waals surface area contributed by atoms with Crippen molar-refractivity contribution in [3.05, 3.63) is 24.3 Å². The van der Waals surface area contributed by atoms with E-state index in [1.165, 1.54) is 0 Å². The molecule has 0 aliphatic rings. The summed E-state index contributed by atoms with van der Waals surface area (Å²) in [4.78, 5) is 0. The molecule has 1 aromatic carbocycles. The number of hydrogen-bond donors (Lipinski definition) is 1. The summed E-state index contributed by atoms with van der Waals surface area (Å²) in [6, 6.07) is 8.53. The second kappa shape index (κ2) is 5.77. The standard InChI is InChI=1S/C13H20N4/c1-3-7-11(10-14-4-2)17-13-9-6-5-8-12(13)15-16-17/h5-6,8-9,11,14H,3-4,7,10H2,1-2H3. The van der Waals surface area contributed by atoms with E-state index in [0.29, 0.717) is 6.04 Å². The van der Waals surface area contributed by atoms with Crippen LogP contribution in [0.1, 0.15) is 32.7 Å². The van der Waals surface area contributed by atoms with Crippen LogP contribution in [0.5, 0.6) is 0 Å². The average molecular weight is 232 g/mol. The van der Waals surface area contributed by atoms with Gasteiger partial charge in [-0.05, 0) is 25.1 Å². The molecule has 1 N–H and O–H groups in total. The lowest BCUT2D eigenvalue weighted by Crippen LogP contribution is -2.26. The number of nitrogens with zero attached hydrogens (tertiary/aromatic N) is 3. The molecule has 17 heavy (non-hydrogen) atoms. The Labute approximate surface area is 102 Å². The summed E-state index contributed by atoms with van der Waals surface area (Å²) in [7, 11) is 0. The topological polar surface area (TPSA) is 42.7 Å². The molecule has 1 heterocycles. The van der Waals surface area contributed by atoms with Gasteiger partial charge in [-0.1, -0.05) is 37.6 Å². The largest absolute Gasteiger partial charge is 0.315 e. The number of aromatic nitrogens is 3. The number of rotatable bonds is 6. The molecule has 1 unspecified atom stereocenters. The van der Waals surface area contributed by atoms with E-state index >= 15 is 0 Å². The molecule has 1 aromatic heterocycles. The van der Waals surface area contributed by atoms with Crippen LogP contribution in [0.25, 0.3) is 11.0 Å². The number of likely N-dealkylation sites (N-methyl/N-ethyl adjacent to an activating group) is 1. The van der Waals surface area contributed by atoms with E-state index in [2.05, 4.69) is 40.2 Å². The zero-order valence-electron chi connectivity index (χ0n) is 10.6. The summed E-state index contributed by atoms with van der Waals surface area (Å²) in [5.74, 6) is 0. The minimum Gasteiger partial charge on any atom is -0.315 e. The van der Waals surface area contributed by atoms with Gasteiger partial charge < -0.3 is 5.32 Å². The van der Waals surface area contributed by atoms with Crippen molar-refractivity contribution in [1.29, 1.82) is 0 Å². The molecule has 0 spiro atoms. The van der Waals surface area contributed by atoms with E-state index in [4.69, 9.17) is 0 Å². The third kappa shape index (κ3) is 2.64. The first-order valence-electron chi connectivity index (χ1n) is 6.37. The summed E-state index contributed by atoms with van der Waals surface area (Å²) in [5.41, 5.74) is 2.11. The lowest BCUT2D eigenvalue weighted by molar-refractivity contribution is 0.401. The first kappa shape index (κ1) is 12.0. The molecule has 2 aromatic rings. The van der Waals surface area contributed by atoms with Crippen LogP contribution in [0.4, 0.5) is 0 Å². The predicted octanol–water partition coefficient (Wildman–Crippen LogP) is 2.38. The smallest absolute Gasteiger partial charge is 0.113 e. The fourth-order valence-corrected chi connectivity index (χ4v) is 2.11. The van der Waals surface area contributed by atoms with Gasteiger partial charge in [0.05, 0.1) is 11.6 Å². The zero-order chi connectivity index (χ0) is 12.1. The highest BCUT2D eigenvalue weighted by Crippen LogP contribution is 2.18. The molecule has 92 valence electrons. The van der Waals surface area contributed by atoms with Gasteiger partial charge in [0.1, 0.15) is 5.52 Å². The summed E-state index contributed by atoms with van der Waals surface area (Å²) < 4.78 is 2.06. The third-order valence-electron chi connectivity index (χ3n) is 2.98. The Balaban J connectivity index is 2.27. The quantitative estimate of drug-likeness (QED) is 0.831. The number of benzene rings is 1. The highest BCUT2D eigenvalue weighted by Gasteiger charge is 2.13. The van der Waals surface area contributed by atoms with Gasteiger partial charge in [-0.3, -0.25) is 0 Å². The number of nitrogens with one attached hydrogen (secondary N) is 1. The summed E-state index contributed by atoms with van der Waals surface area (Å²) in [5, 5.41) is 11.9. The van der Waals surface area contributed by atoms with Crippen LogP contribution in [0.2, 0.25) is 0 Å². The van der Waals surface area contributed by atoms with E-state index in [1.54, 1.807) is 0 Å². The van der Waals surface area contributed by atoms with Gasteiger partial charge in [0, 0.05) is 6.54 Å². The monoisotopic (exact) mass is 232 g/mol. The van der Waals surface area contributed by atoms with Crippen LogP contribution in [0, 0.1) is 0 Å². The van der Waals surface area contributed by atoms with E-state index in [1.807, 2.05) is 18.2 Å². The first-order valence-corrected chi connectivity index (χ1v) is 6.37. The van der Waals surface area contributed by atoms with E-state index in [9.17, 15) is 0 Å². The Hall–Kier alpha value is -1.42. The van der Waals surface area contributed by atoms with Crippen LogP contribution in [-0.2, 0) is 0 Å². The Morgan fingerprint density at radius 3 is 2.88 bits per heavy atom. The zero-order valence-corrected chi connectivity index (χ0v) is 10.6. The molecule has 1 atom stereocenters. The number of para-hydroxylation sites is 1. The molecule has 0 saturated heterocycles. The van der Waals surface area contributed by atoms with Crippen molar-refractivity contribution in [1.82, 2.24) is 20.3 Å². The van der Waals surface area contributed by atoms with Crippen molar-refractivity contribution < 1.29 is 0 Å². The van der Waals surface area contributed by atoms with Gasteiger partial charge in [-0.15, -0.1) is 5.10 Å². The van der Waals surface area contributed by atoms with Gasteiger partial charge in [-0.2, -0.15) is 0 Å². The van der Waals surface area contributed by atoms with Crippen LogP contribution >= 0.6 is 0 Å². The van der Waals surface area contributed by atoms with Crippen molar-refractivity contribution in [2.75, 3.05) is 13.1 Å². The lowest BCUT2D eigenvalue weighted by atomic mass is 10.1. The third-order valence-corrected chi connectivity index (χ3v) is 2.98. The van der Waals surface area contributed by atoms with E-state index in [-0.39, 0.29) is 0 Å². The van der Waals surface area contributed by atoms with Crippen LogP contribution < -0.4 is 5.32 Å². The molecular formula is C13H20N4. The van der Waals surface area contributed by atoms with E-state index < -0.39 is 0 Å². The lowest BCUT2D eigenvalue weighted by Gasteiger charge is -2.17. The van der Waals surface area contributed by atoms with Crippen molar-refractivity contribution in [2.45, 2.75) is 32.7 Å². The van der Waals surface area contributed by atoms with Crippen molar-refractivity contribution in [3.63, 3.8) is 0 Å². The molecule has 2 rings (SSSR count). The molecule has 4 nitrogen and oxygen atoms in total. The van der Waals surface area contributed by atoms with Gasteiger partial charge in [0.2, 0.25) is 0 Å². The second-order valence-corrected chi connectivity index (χ2v) is 4.27. The molecule has 0 radical (unpaired) electrons. The van der Waals surface area contributed by atoms with Crippen molar-refractivity contribution in [3.8, 4) is 0 Å².